The summed E-state index contributed by atoms with van der Waals surface area (Å²) in [6.45, 7) is 3.55. The van der Waals surface area contributed by atoms with Crippen LogP contribution in [0.1, 0.15) is 31.6 Å². The summed E-state index contributed by atoms with van der Waals surface area (Å²) in [5.74, 6) is 0.580. The Kier molecular flexibility index (Phi) is 5.01. The number of likely N-dealkylation sites (N-methyl/N-ethyl adjacent to an activating group) is 1. The maximum absolute atomic E-state index is 12.3. The van der Waals surface area contributed by atoms with E-state index in [1.54, 1.807) is 6.26 Å². The summed E-state index contributed by atoms with van der Waals surface area (Å²) in [7, 11) is 1.90. The van der Waals surface area contributed by atoms with Crippen molar-refractivity contribution in [2.24, 2.45) is 11.7 Å². The van der Waals surface area contributed by atoms with Crippen molar-refractivity contribution in [3.63, 3.8) is 0 Å². The van der Waals surface area contributed by atoms with Gasteiger partial charge in [0.15, 0.2) is 0 Å². The first-order chi connectivity index (χ1) is 9.99. The standard InChI is InChI=1S/C15H23N3O3/c1-11(13-4-3-9-21-13)17(2)10-14(19)18-7-5-12(6-8-18)15(16)20/h3-4,9,11-12H,5-8,10H2,1-2H3,(H2,16,20)/t11-/m1/s1. The molecular formula is C15H23N3O3. The van der Waals surface area contributed by atoms with Crippen molar-refractivity contribution in [1.82, 2.24) is 9.80 Å². The Morgan fingerprint density at radius 3 is 2.67 bits per heavy atom. The third-order valence-corrected chi connectivity index (χ3v) is 4.25. The highest BCUT2D eigenvalue weighted by atomic mass is 16.3. The van der Waals surface area contributed by atoms with Crippen LogP contribution in [-0.2, 0) is 9.59 Å². The van der Waals surface area contributed by atoms with Gasteiger partial charge in [0.1, 0.15) is 5.76 Å². The molecule has 0 radical (unpaired) electrons. The Labute approximate surface area is 124 Å². The number of piperidine rings is 1. The van der Waals surface area contributed by atoms with Crippen LogP contribution in [0.3, 0.4) is 0 Å². The lowest BCUT2D eigenvalue weighted by Gasteiger charge is -2.32. The fourth-order valence-corrected chi connectivity index (χ4v) is 2.61. The lowest BCUT2D eigenvalue weighted by molar-refractivity contribution is -0.136. The lowest BCUT2D eigenvalue weighted by Crippen LogP contribution is -2.45. The second kappa shape index (κ2) is 6.76. The van der Waals surface area contributed by atoms with Gasteiger partial charge < -0.3 is 15.1 Å². The molecule has 1 atom stereocenters. The van der Waals surface area contributed by atoms with Crippen LogP contribution in [-0.4, -0.2) is 48.3 Å². The molecule has 1 aliphatic rings. The normalized spacial score (nSPS) is 18.0. The number of carbonyl (C=O) groups is 2. The summed E-state index contributed by atoms with van der Waals surface area (Å²) in [5.41, 5.74) is 5.30. The zero-order chi connectivity index (χ0) is 15.4. The van der Waals surface area contributed by atoms with Crippen molar-refractivity contribution in [1.29, 1.82) is 0 Å². The van der Waals surface area contributed by atoms with Crippen LogP contribution in [0.25, 0.3) is 0 Å². The predicted octanol–water partition coefficient (Wildman–Crippen LogP) is 0.996. The number of likely N-dealkylation sites (tertiary alicyclic amines) is 1. The number of nitrogens with zero attached hydrogens (tertiary/aromatic N) is 2. The van der Waals surface area contributed by atoms with Crippen LogP contribution in [0.15, 0.2) is 22.8 Å². The van der Waals surface area contributed by atoms with E-state index in [0.717, 1.165) is 5.76 Å². The van der Waals surface area contributed by atoms with E-state index in [1.807, 2.05) is 35.9 Å². The fourth-order valence-electron chi connectivity index (χ4n) is 2.61. The molecule has 1 aliphatic heterocycles. The van der Waals surface area contributed by atoms with Gasteiger partial charge in [-0.05, 0) is 38.9 Å². The minimum Gasteiger partial charge on any atom is -0.468 e. The molecule has 0 saturated carbocycles. The summed E-state index contributed by atoms with van der Waals surface area (Å²) < 4.78 is 5.37. The first-order valence-corrected chi connectivity index (χ1v) is 7.29. The molecule has 116 valence electrons. The summed E-state index contributed by atoms with van der Waals surface area (Å²) in [6.07, 6.45) is 2.97. The van der Waals surface area contributed by atoms with E-state index >= 15 is 0 Å². The number of nitrogens with two attached hydrogens (primary N) is 1. The van der Waals surface area contributed by atoms with Crippen molar-refractivity contribution in [3.05, 3.63) is 24.2 Å². The van der Waals surface area contributed by atoms with Gasteiger partial charge in [-0.25, -0.2) is 0 Å². The second-order valence-corrected chi connectivity index (χ2v) is 5.66. The number of amides is 2. The van der Waals surface area contributed by atoms with E-state index in [-0.39, 0.29) is 23.8 Å². The molecule has 1 fully saturated rings. The van der Waals surface area contributed by atoms with E-state index in [0.29, 0.717) is 32.5 Å². The molecular weight excluding hydrogens is 270 g/mol. The predicted molar refractivity (Wildman–Crippen MR) is 78.3 cm³/mol. The van der Waals surface area contributed by atoms with Crippen molar-refractivity contribution in [3.8, 4) is 0 Å². The molecule has 2 N–H and O–H groups in total. The number of primary amides is 1. The molecule has 1 aromatic rings. The van der Waals surface area contributed by atoms with Gasteiger partial charge in [-0.2, -0.15) is 0 Å². The largest absolute Gasteiger partial charge is 0.468 e. The van der Waals surface area contributed by atoms with Crippen LogP contribution in [0.2, 0.25) is 0 Å². The summed E-state index contributed by atoms with van der Waals surface area (Å²) in [6, 6.07) is 3.80. The molecule has 0 aromatic carbocycles. The van der Waals surface area contributed by atoms with E-state index in [2.05, 4.69) is 0 Å². The lowest BCUT2D eigenvalue weighted by atomic mass is 9.96. The average Bonchev–Trinajstić information content (AvgIpc) is 3.00. The van der Waals surface area contributed by atoms with E-state index < -0.39 is 0 Å². The van der Waals surface area contributed by atoms with Crippen LogP contribution in [0.4, 0.5) is 0 Å². The smallest absolute Gasteiger partial charge is 0.236 e. The number of carbonyl (C=O) groups excluding carboxylic acids is 2. The molecule has 1 saturated heterocycles. The molecule has 21 heavy (non-hydrogen) atoms. The summed E-state index contributed by atoms with van der Waals surface area (Å²) in [4.78, 5) is 27.2. The molecule has 1 aromatic heterocycles. The highest BCUT2D eigenvalue weighted by Gasteiger charge is 2.27. The van der Waals surface area contributed by atoms with Gasteiger partial charge in [-0.1, -0.05) is 0 Å². The quantitative estimate of drug-likeness (QED) is 0.878. The number of rotatable bonds is 5. The SMILES string of the molecule is C[C@H](c1ccco1)N(C)CC(=O)N1CCC(C(N)=O)CC1. The van der Waals surface area contributed by atoms with Gasteiger partial charge in [-0.15, -0.1) is 0 Å². The number of hydrogen-bond acceptors (Lipinski definition) is 4. The second-order valence-electron chi connectivity index (χ2n) is 5.66. The van der Waals surface area contributed by atoms with E-state index in [9.17, 15) is 9.59 Å². The maximum Gasteiger partial charge on any atom is 0.236 e. The van der Waals surface area contributed by atoms with Crippen molar-refractivity contribution < 1.29 is 14.0 Å². The van der Waals surface area contributed by atoms with Gasteiger partial charge in [-0.3, -0.25) is 14.5 Å². The summed E-state index contributed by atoms with van der Waals surface area (Å²) in [5, 5.41) is 0. The average molecular weight is 293 g/mol. The van der Waals surface area contributed by atoms with E-state index in [4.69, 9.17) is 10.2 Å². The molecule has 0 unspecified atom stereocenters. The van der Waals surface area contributed by atoms with Crippen molar-refractivity contribution in [2.45, 2.75) is 25.8 Å². The van der Waals surface area contributed by atoms with Gasteiger partial charge in [0, 0.05) is 19.0 Å². The van der Waals surface area contributed by atoms with Crippen molar-refractivity contribution >= 4 is 11.8 Å². The fraction of sp³-hybridized carbons (Fsp3) is 0.600. The molecule has 0 spiro atoms. The topological polar surface area (TPSA) is 79.8 Å². The monoisotopic (exact) mass is 293 g/mol. The van der Waals surface area contributed by atoms with Crippen LogP contribution in [0, 0.1) is 5.92 Å². The van der Waals surface area contributed by atoms with E-state index in [1.165, 1.54) is 0 Å². The van der Waals surface area contributed by atoms with Crippen LogP contribution >= 0.6 is 0 Å². The third-order valence-electron chi connectivity index (χ3n) is 4.25. The maximum atomic E-state index is 12.3. The van der Waals surface area contributed by atoms with Gasteiger partial charge >= 0.3 is 0 Å². The number of furan rings is 1. The molecule has 6 nitrogen and oxygen atoms in total. The Morgan fingerprint density at radius 2 is 2.14 bits per heavy atom. The first kappa shape index (κ1) is 15.6. The Balaban J connectivity index is 1.83. The summed E-state index contributed by atoms with van der Waals surface area (Å²) >= 11 is 0. The van der Waals surface area contributed by atoms with Crippen LogP contribution < -0.4 is 5.73 Å². The Morgan fingerprint density at radius 1 is 1.48 bits per heavy atom. The Bertz CT molecular complexity index is 478. The number of hydrogen-bond donors (Lipinski definition) is 1. The highest BCUT2D eigenvalue weighted by molar-refractivity contribution is 5.80. The van der Waals surface area contributed by atoms with Gasteiger partial charge in [0.25, 0.3) is 0 Å². The third kappa shape index (κ3) is 3.85. The van der Waals surface area contributed by atoms with Gasteiger partial charge in [0.2, 0.25) is 11.8 Å². The molecule has 2 amide bonds. The molecule has 2 heterocycles. The first-order valence-electron chi connectivity index (χ1n) is 7.29. The van der Waals surface area contributed by atoms with Crippen LogP contribution in [0.5, 0.6) is 0 Å². The van der Waals surface area contributed by atoms with Gasteiger partial charge in [0.05, 0.1) is 18.8 Å². The zero-order valence-corrected chi connectivity index (χ0v) is 12.6. The van der Waals surface area contributed by atoms with Crippen molar-refractivity contribution in [2.75, 3.05) is 26.7 Å². The minimum atomic E-state index is -0.259. The molecule has 2 rings (SSSR count). The minimum absolute atomic E-state index is 0.0482. The zero-order valence-electron chi connectivity index (χ0n) is 12.6. The highest BCUT2D eigenvalue weighted by Crippen LogP contribution is 2.20. The molecule has 0 bridgehead atoms. The molecule has 6 heteroatoms. The molecule has 0 aliphatic carbocycles. The Hall–Kier alpha value is -1.82.